The Morgan fingerprint density at radius 3 is 1.21 bits per heavy atom. The molecule has 0 saturated carbocycles. The maximum Gasteiger partial charge on any atom is 0.119 e. The molecule has 0 aromatic heterocycles. The van der Waals surface area contributed by atoms with Crippen LogP contribution in [0.3, 0.4) is 0 Å². The van der Waals surface area contributed by atoms with Gasteiger partial charge in [0.05, 0.1) is 0 Å². The molecule has 0 atom stereocenters. The number of hydrogen-bond acceptors (Lipinski definition) is 2. The summed E-state index contributed by atoms with van der Waals surface area (Å²) in [5.41, 5.74) is 4.12. The van der Waals surface area contributed by atoms with Gasteiger partial charge in [0.15, 0.2) is 0 Å². The monoisotopic (exact) mass is 456 g/mol. The van der Waals surface area contributed by atoms with E-state index in [1.165, 1.54) is 0 Å². The van der Waals surface area contributed by atoms with Gasteiger partial charge in [0.25, 0.3) is 0 Å². The van der Waals surface area contributed by atoms with E-state index in [-0.39, 0.29) is 0 Å². The summed E-state index contributed by atoms with van der Waals surface area (Å²) < 4.78 is 2.12. The molecule has 2 nitrogen and oxygen atoms in total. The lowest BCUT2D eigenvalue weighted by Gasteiger charge is -2.10. The summed E-state index contributed by atoms with van der Waals surface area (Å²) in [4.78, 5) is 0. The summed E-state index contributed by atoms with van der Waals surface area (Å²) in [6, 6.07) is 7.55. The average molecular weight is 458 g/mol. The van der Waals surface area contributed by atoms with Crippen LogP contribution in [0.2, 0.25) is 0 Å². The second-order valence-corrected chi connectivity index (χ2v) is 8.34. The largest absolute Gasteiger partial charge is 0.508 e. The van der Waals surface area contributed by atoms with Crippen molar-refractivity contribution in [2.24, 2.45) is 0 Å². The van der Waals surface area contributed by atoms with Gasteiger partial charge >= 0.3 is 0 Å². The zero-order valence-corrected chi connectivity index (χ0v) is 18.3. The second kappa shape index (κ2) is 8.91. The van der Waals surface area contributed by atoms with Gasteiger partial charge in [-0.1, -0.05) is 59.6 Å². The Labute approximate surface area is 162 Å². The fraction of sp³-hybridized carbons (Fsp3) is 0.400. The van der Waals surface area contributed by atoms with Crippen LogP contribution in [0, 0.1) is 13.8 Å². The van der Waals surface area contributed by atoms with Gasteiger partial charge in [-0.15, -0.1) is 0 Å². The topological polar surface area (TPSA) is 40.5 Å². The Balaban J connectivity index is 0.000000240. The number of aromatic hydroxyl groups is 2. The summed E-state index contributed by atoms with van der Waals surface area (Å²) in [5.74, 6) is 1.51. The highest BCUT2D eigenvalue weighted by atomic mass is 79.9. The lowest BCUT2D eigenvalue weighted by Crippen LogP contribution is -1.89. The molecule has 0 fully saturated rings. The first-order valence-electron chi connectivity index (χ1n) is 8.02. The van der Waals surface area contributed by atoms with Gasteiger partial charge in [-0.2, -0.15) is 0 Å². The number of phenolic OH excluding ortho intramolecular Hbond substituents is 2. The van der Waals surface area contributed by atoms with Gasteiger partial charge in [-0.05, 0) is 72.2 Å². The van der Waals surface area contributed by atoms with Crippen LogP contribution in [0.15, 0.2) is 33.2 Å². The molecule has 4 heteroatoms. The van der Waals surface area contributed by atoms with Crippen molar-refractivity contribution in [3.05, 3.63) is 55.5 Å². The van der Waals surface area contributed by atoms with Crippen molar-refractivity contribution in [2.45, 2.75) is 53.4 Å². The molecule has 0 radical (unpaired) electrons. The normalized spacial score (nSPS) is 10.8. The molecule has 0 spiro atoms. The van der Waals surface area contributed by atoms with Crippen LogP contribution in [0.25, 0.3) is 0 Å². The summed E-state index contributed by atoms with van der Waals surface area (Å²) in [5, 5.41) is 19.1. The maximum atomic E-state index is 9.57. The molecule has 2 rings (SSSR count). The molecule has 24 heavy (non-hydrogen) atoms. The fourth-order valence-corrected chi connectivity index (χ4v) is 3.01. The van der Waals surface area contributed by atoms with Crippen LogP contribution in [0.1, 0.15) is 61.8 Å². The molecule has 132 valence electrons. The lowest BCUT2D eigenvalue weighted by molar-refractivity contribution is 0.463. The molecule has 2 N–H and O–H groups in total. The number of halogens is 2. The van der Waals surface area contributed by atoms with Gasteiger partial charge in [0.2, 0.25) is 0 Å². The Morgan fingerprint density at radius 2 is 0.958 bits per heavy atom. The predicted molar refractivity (Wildman–Crippen MR) is 109 cm³/mol. The maximum absolute atomic E-state index is 9.57. The van der Waals surface area contributed by atoms with Crippen LogP contribution in [-0.2, 0) is 0 Å². The van der Waals surface area contributed by atoms with E-state index in [0.717, 1.165) is 31.2 Å². The number of hydrogen-bond donors (Lipinski definition) is 2. The molecule has 0 saturated heterocycles. The van der Waals surface area contributed by atoms with Crippen LogP contribution >= 0.6 is 31.9 Å². The summed E-state index contributed by atoms with van der Waals surface area (Å²) >= 11 is 6.87. The minimum absolute atomic E-state index is 0.363. The van der Waals surface area contributed by atoms with E-state index in [2.05, 4.69) is 59.6 Å². The predicted octanol–water partition coefficient (Wildman–Crippen LogP) is 7.17. The molecule has 0 aliphatic heterocycles. The third-order valence-electron chi connectivity index (χ3n) is 3.86. The minimum Gasteiger partial charge on any atom is -0.508 e. The highest BCUT2D eigenvalue weighted by Crippen LogP contribution is 2.31. The van der Waals surface area contributed by atoms with Crippen molar-refractivity contribution >= 4 is 31.9 Å². The summed E-state index contributed by atoms with van der Waals surface area (Å²) in [7, 11) is 0. The number of phenols is 2. The molecular weight excluding hydrogens is 432 g/mol. The van der Waals surface area contributed by atoms with Crippen LogP contribution < -0.4 is 0 Å². The first kappa shape index (κ1) is 21.0. The molecule has 0 amide bonds. The van der Waals surface area contributed by atoms with Crippen molar-refractivity contribution < 1.29 is 10.2 Å². The molecule has 2 aromatic carbocycles. The molecule has 0 bridgehead atoms. The Hall–Kier alpha value is -1.00. The Morgan fingerprint density at radius 1 is 0.667 bits per heavy atom. The highest BCUT2D eigenvalue weighted by molar-refractivity contribution is 9.10. The summed E-state index contributed by atoms with van der Waals surface area (Å²) in [6.45, 7) is 12.2. The number of aryl methyl sites for hydroxylation is 2. The molecule has 0 aliphatic carbocycles. The molecule has 2 aromatic rings. The van der Waals surface area contributed by atoms with Crippen molar-refractivity contribution in [1.82, 2.24) is 0 Å². The Bertz CT molecular complexity index is 646. The first-order valence-corrected chi connectivity index (χ1v) is 9.61. The van der Waals surface area contributed by atoms with E-state index in [1.807, 2.05) is 26.0 Å². The molecule has 0 aliphatic rings. The molecule has 0 unspecified atom stereocenters. The Kier molecular flexibility index (Phi) is 7.81. The zero-order chi connectivity index (χ0) is 18.6. The van der Waals surface area contributed by atoms with Gasteiger partial charge < -0.3 is 10.2 Å². The van der Waals surface area contributed by atoms with E-state index in [1.54, 1.807) is 12.1 Å². The fourth-order valence-electron chi connectivity index (χ4n) is 2.29. The van der Waals surface area contributed by atoms with Crippen LogP contribution in [0.4, 0.5) is 0 Å². The van der Waals surface area contributed by atoms with E-state index in [0.29, 0.717) is 23.3 Å². The van der Waals surface area contributed by atoms with Gasteiger partial charge in [0, 0.05) is 8.95 Å². The zero-order valence-electron chi connectivity index (χ0n) is 15.1. The van der Waals surface area contributed by atoms with E-state index in [9.17, 15) is 10.2 Å². The third kappa shape index (κ3) is 5.52. The quantitative estimate of drug-likeness (QED) is 0.501. The third-order valence-corrected chi connectivity index (χ3v) is 5.57. The second-order valence-electron chi connectivity index (χ2n) is 6.63. The van der Waals surface area contributed by atoms with Gasteiger partial charge in [-0.25, -0.2) is 0 Å². The first-order chi connectivity index (χ1) is 11.0. The van der Waals surface area contributed by atoms with Gasteiger partial charge in [-0.3, -0.25) is 0 Å². The number of benzene rings is 2. The average Bonchev–Trinajstić information content (AvgIpc) is 2.46. The van der Waals surface area contributed by atoms with Crippen LogP contribution in [-0.4, -0.2) is 10.2 Å². The smallest absolute Gasteiger partial charge is 0.119 e. The number of rotatable bonds is 2. The van der Waals surface area contributed by atoms with E-state index in [4.69, 9.17) is 0 Å². The standard InChI is InChI=1S/2C10H13BrO/c2*1-6(2)8-5-9(11)7(3)4-10(8)12/h2*4-6,12H,1-3H3. The van der Waals surface area contributed by atoms with Crippen molar-refractivity contribution in [3.63, 3.8) is 0 Å². The molecular formula is C20H26Br2O2. The van der Waals surface area contributed by atoms with Crippen molar-refractivity contribution in [3.8, 4) is 11.5 Å². The minimum atomic E-state index is 0.363. The van der Waals surface area contributed by atoms with Crippen molar-refractivity contribution in [2.75, 3.05) is 0 Å². The SMILES string of the molecule is Cc1cc(O)c(C(C)C)cc1Br.Cc1cc(O)c(C(C)C)cc1Br. The summed E-state index contributed by atoms with van der Waals surface area (Å²) in [6.07, 6.45) is 0. The van der Waals surface area contributed by atoms with E-state index >= 15 is 0 Å². The lowest BCUT2D eigenvalue weighted by atomic mass is 10.0. The van der Waals surface area contributed by atoms with E-state index < -0.39 is 0 Å². The van der Waals surface area contributed by atoms with Gasteiger partial charge in [0.1, 0.15) is 11.5 Å². The van der Waals surface area contributed by atoms with Crippen molar-refractivity contribution in [1.29, 1.82) is 0 Å². The highest BCUT2D eigenvalue weighted by Gasteiger charge is 2.08. The van der Waals surface area contributed by atoms with Crippen LogP contribution in [0.5, 0.6) is 11.5 Å². The molecule has 0 heterocycles.